The smallest absolute Gasteiger partial charge is 0.202 e. The largest absolute Gasteiger partial charge is 0.359 e. The molecule has 1 heterocycles. The zero-order valence-electron chi connectivity index (χ0n) is 12.4. The Morgan fingerprint density at radius 1 is 1.25 bits per heavy atom. The fraction of sp³-hybridized carbons (Fsp3) is 0.467. The van der Waals surface area contributed by atoms with Crippen molar-refractivity contribution in [1.29, 1.82) is 0 Å². The van der Waals surface area contributed by atoms with Gasteiger partial charge in [0.2, 0.25) is 5.96 Å². The molecule has 20 heavy (non-hydrogen) atoms. The van der Waals surface area contributed by atoms with Gasteiger partial charge in [-0.05, 0) is 25.3 Å². The summed E-state index contributed by atoms with van der Waals surface area (Å²) in [5.74, 6) is 1.65. The third-order valence-electron chi connectivity index (χ3n) is 3.26. The van der Waals surface area contributed by atoms with E-state index >= 15 is 0 Å². The molecule has 5 nitrogen and oxygen atoms in total. The molecule has 0 amide bonds. The minimum absolute atomic E-state index is 0.0368. The van der Waals surface area contributed by atoms with E-state index in [1.54, 1.807) is 0 Å². The van der Waals surface area contributed by atoms with Crippen LogP contribution in [0.1, 0.15) is 18.9 Å². The average Bonchev–Trinajstić information content (AvgIpc) is 2.47. The van der Waals surface area contributed by atoms with E-state index in [1.165, 1.54) is 5.56 Å². The molecule has 0 bridgehead atoms. The molecule has 1 unspecified atom stereocenters. The van der Waals surface area contributed by atoms with E-state index in [4.69, 9.17) is 0 Å². The fourth-order valence-corrected chi connectivity index (χ4v) is 2.16. The van der Waals surface area contributed by atoms with E-state index in [1.807, 2.05) is 14.0 Å². The first-order chi connectivity index (χ1) is 9.69. The van der Waals surface area contributed by atoms with Crippen molar-refractivity contribution in [2.75, 3.05) is 20.6 Å². The second kappa shape index (κ2) is 6.93. The molecule has 1 aliphatic rings. The number of nitrogens with zero attached hydrogens (tertiary/aromatic N) is 3. The van der Waals surface area contributed by atoms with E-state index in [9.17, 15) is 0 Å². The van der Waals surface area contributed by atoms with Gasteiger partial charge in [-0.2, -0.15) is 0 Å². The molecule has 1 atom stereocenters. The lowest BCUT2D eigenvalue weighted by Crippen LogP contribution is -2.49. The molecule has 5 heteroatoms. The van der Waals surface area contributed by atoms with E-state index in [0.29, 0.717) is 0 Å². The van der Waals surface area contributed by atoms with E-state index in [0.717, 1.165) is 31.3 Å². The summed E-state index contributed by atoms with van der Waals surface area (Å²) >= 11 is 0. The van der Waals surface area contributed by atoms with Crippen molar-refractivity contribution in [2.24, 2.45) is 9.98 Å². The summed E-state index contributed by atoms with van der Waals surface area (Å²) < 4.78 is 0. The first-order valence-corrected chi connectivity index (χ1v) is 7.04. The molecule has 1 aliphatic heterocycles. The summed E-state index contributed by atoms with van der Waals surface area (Å²) in [6, 6.07) is 10.6. The van der Waals surface area contributed by atoms with Crippen molar-refractivity contribution in [1.82, 2.24) is 15.5 Å². The van der Waals surface area contributed by atoms with Crippen molar-refractivity contribution >= 4 is 11.9 Å². The number of hydrogen-bond donors (Lipinski definition) is 2. The van der Waals surface area contributed by atoms with Crippen molar-refractivity contribution < 1.29 is 0 Å². The number of nitrogens with one attached hydrogen (secondary N) is 2. The predicted octanol–water partition coefficient (Wildman–Crippen LogP) is 1.43. The van der Waals surface area contributed by atoms with E-state index in [2.05, 4.69) is 62.9 Å². The number of hydrogen-bond acceptors (Lipinski definition) is 5. The van der Waals surface area contributed by atoms with Gasteiger partial charge in [0.25, 0.3) is 0 Å². The second-order valence-corrected chi connectivity index (χ2v) is 4.95. The molecule has 0 aromatic heterocycles. The molecule has 0 fully saturated rings. The Balaban J connectivity index is 1.82. The normalized spacial score (nSPS) is 17.9. The zero-order chi connectivity index (χ0) is 14.4. The highest BCUT2D eigenvalue weighted by atomic mass is 15.4. The fourth-order valence-electron chi connectivity index (χ4n) is 2.16. The zero-order valence-corrected chi connectivity index (χ0v) is 12.4. The number of guanidine groups is 2. The van der Waals surface area contributed by atoms with Crippen LogP contribution < -0.4 is 10.6 Å². The second-order valence-electron chi connectivity index (χ2n) is 4.95. The average molecular weight is 273 g/mol. The summed E-state index contributed by atoms with van der Waals surface area (Å²) in [5.41, 5.74) is 1.38. The van der Waals surface area contributed by atoms with Gasteiger partial charge in [0.15, 0.2) is 5.96 Å². The number of aliphatic imine (C=N–C) groups is 2. The lowest BCUT2D eigenvalue weighted by Gasteiger charge is -2.26. The Kier molecular flexibility index (Phi) is 4.98. The van der Waals surface area contributed by atoms with Gasteiger partial charge in [-0.3, -0.25) is 5.32 Å². The Hall–Kier alpha value is -2.04. The maximum absolute atomic E-state index is 4.51. The van der Waals surface area contributed by atoms with Gasteiger partial charge in [0.05, 0.1) is 0 Å². The first kappa shape index (κ1) is 14.4. The Morgan fingerprint density at radius 3 is 2.70 bits per heavy atom. The topological polar surface area (TPSA) is 52.0 Å². The van der Waals surface area contributed by atoms with Crippen LogP contribution in [-0.4, -0.2) is 43.6 Å². The highest BCUT2D eigenvalue weighted by molar-refractivity contribution is 5.99. The van der Waals surface area contributed by atoms with E-state index in [-0.39, 0.29) is 6.17 Å². The van der Waals surface area contributed by atoms with E-state index < -0.39 is 0 Å². The molecule has 0 saturated carbocycles. The van der Waals surface area contributed by atoms with Crippen molar-refractivity contribution in [3.8, 4) is 0 Å². The summed E-state index contributed by atoms with van der Waals surface area (Å²) in [5, 5.41) is 6.23. The monoisotopic (exact) mass is 273 g/mol. The molecule has 1 aromatic rings. The highest BCUT2D eigenvalue weighted by Gasteiger charge is 2.15. The Labute approximate surface area is 120 Å². The molecule has 1 aromatic carbocycles. The van der Waals surface area contributed by atoms with Crippen LogP contribution in [0.25, 0.3) is 0 Å². The standard InChI is InChI=1S/C15H23N5/c1-12-17-14(16-2)19-15(18-12)20(3)11-7-10-13-8-5-4-6-9-13/h4-6,8-9,12H,7,10-11H2,1-3H3,(H2,16,17,18,19). The van der Waals surface area contributed by atoms with Crippen molar-refractivity contribution in [2.45, 2.75) is 25.9 Å². The van der Waals surface area contributed by atoms with Crippen LogP contribution in [0.15, 0.2) is 40.3 Å². The number of aryl methyl sites for hydroxylation is 1. The van der Waals surface area contributed by atoms with Crippen LogP contribution in [-0.2, 0) is 6.42 Å². The molecule has 0 saturated heterocycles. The van der Waals surface area contributed by atoms with Crippen LogP contribution in [0, 0.1) is 0 Å². The molecular formula is C15H23N5. The van der Waals surface area contributed by atoms with Crippen molar-refractivity contribution in [3.63, 3.8) is 0 Å². The lowest BCUT2D eigenvalue weighted by molar-refractivity contribution is 0.468. The van der Waals surface area contributed by atoms with Gasteiger partial charge in [-0.1, -0.05) is 30.3 Å². The molecule has 2 rings (SSSR count). The minimum atomic E-state index is -0.0368. The molecule has 0 aliphatic carbocycles. The summed E-state index contributed by atoms with van der Waals surface area (Å²) in [7, 11) is 3.92. The van der Waals surface area contributed by atoms with Gasteiger partial charge in [0, 0.05) is 20.6 Å². The van der Waals surface area contributed by atoms with Gasteiger partial charge in [0.1, 0.15) is 6.17 Å². The molecule has 0 spiro atoms. The highest BCUT2D eigenvalue weighted by Crippen LogP contribution is 2.05. The van der Waals surface area contributed by atoms with Crippen LogP contribution >= 0.6 is 0 Å². The SMILES string of the molecule is CNC1=NC(C)N=C(N(C)CCCc2ccccc2)N1. The lowest BCUT2D eigenvalue weighted by atomic mass is 10.1. The van der Waals surface area contributed by atoms with Crippen molar-refractivity contribution in [3.05, 3.63) is 35.9 Å². The Morgan fingerprint density at radius 2 is 2.00 bits per heavy atom. The van der Waals surface area contributed by atoms with Crippen LogP contribution in [0.4, 0.5) is 0 Å². The minimum Gasteiger partial charge on any atom is -0.359 e. The third-order valence-corrected chi connectivity index (χ3v) is 3.26. The number of benzene rings is 1. The van der Waals surface area contributed by atoms with Crippen LogP contribution in [0.5, 0.6) is 0 Å². The van der Waals surface area contributed by atoms with Gasteiger partial charge in [-0.25, -0.2) is 9.98 Å². The molecule has 108 valence electrons. The summed E-state index contributed by atoms with van der Waals surface area (Å²) in [6.07, 6.45) is 2.15. The molecule has 2 N–H and O–H groups in total. The molecule has 0 radical (unpaired) electrons. The van der Waals surface area contributed by atoms with Gasteiger partial charge < -0.3 is 10.2 Å². The predicted molar refractivity (Wildman–Crippen MR) is 83.9 cm³/mol. The maximum atomic E-state index is 4.51. The molecular weight excluding hydrogens is 250 g/mol. The van der Waals surface area contributed by atoms with Gasteiger partial charge >= 0.3 is 0 Å². The quantitative estimate of drug-likeness (QED) is 0.872. The van der Waals surface area contributed by atoms with Gasteiger partial charge in [-0.15, -0.1) is 0 Å². The van der Waals surface area contributed by atoms with Crippen LogP contribution in [0.2, 0.25) is 0 Å². The summed E-state index contributed by atoms with van der Waals surface area (Å²) in [6.45, 7) is 2.94. The number of rotatable bonds is 4. The van der Waals surface area contributed by atoms with Crippen LogP contribution in [0.3, 0.4) is 0 Å². The Bertz CT molecular complexity index is 480. The first-order valence-electron chi connectivity index (χ1n) is 7.04. The maximum Gasteiger partial charge on any atom is 0.202 e. The third kappa shape index (κ3) is 3.98. The summed E-state index contributed by atoms with van der Waals surface area (Å²) in [4.78, 5) is 11.0.